The number of hydrogen-bond acceptors (Lipinski definition) is 4. The number of imide groups is 1. The van der Waals surface area contributed by atoms with E-state index in [1.807, 2.05) is 0 Å². The third-order valence-electron chi connectivity index (χ3n) is 2.40. The molecule has 0 aromatic carbocycles. The molecule has 2 heterocycles. The smallest absolute Gasteiger partial charge is 0.322 e. The molecule has 4 N–H and O–H groups in total. The molecule has 1 fully saturated rings. The number of pyridine rings is 1. The summed E-state index contributed by atoms with van der Waals surface area (Å²) in [5.74, 6) is -0.442. The maximum absolute atomic E-state index is 11.6. The number of urea groups is 1. The SMILES string of the molecule is NC[C@@]1(c2cccnc2)NC(=O)NC1=O. The van der Waals surface area contributed by atoms with Gasteiger partial charge in [0.05, 0.1) is 0 Å². The van der Waals surface area contributed by atoms with Gasteiger partial charge < -0.3 is 11.1 Å². The molecule has 0 saturated carbocycles. The highest BCUT2D eigenvalue weighted by atomic mass is 16.2. The fourth-order valence-electron chi connectivity index (χ4n) is 1.57. The molecule has 1 aliphatic heterocycles. The zero-order chi connectivity index (χ0) is 10.9. The van der Waals surface area contributed by atoms with E-state index in [0.717, 1.165) is 0 Å². The Morgan fingerprint density at radius 2 is 2.27 bits per heavy atom. The number of aromatic nitrogens is 1. The first-order valence-electron chi connectivity index (χ1n) is 4.43. The highest BCUT2D eigenvalue weighted by Gasteiger charge is 2.46. The van der Waals surface area contributed by atoms with Gasteiger partial charge in [-0.25, -0.2) is 4.79 Å². The average Bonchev–Trinajstić information content (AvgIpc) is 2.56. The molecule has 1 aromatic rings. The zero-order valence-corrected chi connectivity index (χ0v) is 7.86. The molecule has 1 saturated heterocycles. The van der Waals surface area contributed by atoms with Crippen molar-refractivity contribution in [3.8, 4) is 0 Å². The van der Waals surface area contributed by atoms with E-state index in [2.05, 4.69) is 15.6 Å². The molecule has 0 radical (unpaired) electrons. The number of rotatable bonds is 2. The molecule has 0 spiro atoms. The zero-order valence-electron chi connectivity index (χ0n) is 7.86. The number of nitrogens with zero attached hydrogens (tertiary/aromatic N) is 1. The minimum atomic E-state index is -1.18. The van der Waals surface area contributed by atoms with Crippen LogP contribution in [0.2, 0.25) is 0 Å². The van der Waals surface area contributed by atoms with E-state index >= 15 is 0 Å². The van der Waals surface area contributed by atoms with Crippen molar-refractivity contribution in [3.05, 3.63) is 30.1 Å². The lowest BCUT2D eigenvalue weighted by Gasteiger charge is -2.23. The van der Waals surface area contributed by atoms with Crippen LogP contribution in [-0.4, -0.2) is 23.5 Å². The van der Waals surface area contributed by atoms with Gasteiger partial charge in [0, 0.05) is 24.5 Å². The van der Waals surface area contributed by atoms with Crippen LogP contribution in [0, 0.1) is 0 Å². The van der Waals surface area contributed by atoms with Crippen LogP contribution in [0.15, 0.2) is 24.5 Å². The van der Waals surface area contributed by atoms with Gasteiger partial charge in [0.1, 0.15) is 0 Å². The first-order chi connectivity index (χ1) is 7.19. The van der Waals surface area contributed by atoms with Gasteiger partial charge in [0.25, 0.3) is 5.91 Å². The molecule has 0 aliphatic carbocycles. The largest absolute Gasteiger partial charge is 0.327 e. The summed E-state index contributed by atoms with van der Waals surface area (Å²) >= 11 is 0. The van der Waals surface area contributed by atoms with Gasteiger partial charge >= 0.3 is 6.03 Å². The number of hydrogen-bond donors (Lipinski definition) is 3. The number of carbonyl (C=O) groups excluding carboxylic acids is 2. The normalized spacial score (nSPS) is 24.9. The van der Waals surface area contributed by atoms with Gasteiger partial charge in [-0.15, -0.1) is 0 Å². The minimum Gasteiger partial charge on any atom is -0.327 e. The Morgan fingerprint density at radius 1 is 1.47 bits per heavy atom. The Balaban J connectivity index is 2.47. The summed E-state index contributed by atoms with van der Waals surface area (Å²) in [6.45, 7) is -0.00370. The van der Waals surface area contributed by atoms with Crippen molar-refractivity contribution >= 4 is 11.9 Å². The van der Waals surface area contributed by atoms with Crippen molar-refractivity contribution in [3.63, 3.8) is 0 Å². The molecule has 1 atom stereocenters. The minimum absolute atomic E-state index is 0.00370. The lowest BCUT2D eigenvalue weighted by atomic mass is 9.91. The van der Waals surface area contributed by atoms with E-state index in [-0.39, 0.29) is 6.54 Å². The summed E-state index contributed by atoms with van der Waals surface area (Å²) in [7, 11) is 0. The molecule has 1 aliphatic rings. The predicted octanol–water partition coefficient (Wildman–Crippen LogP) is -0.925. The van der Waals surface area contributed by atoms with Gasteiger partial charge in [-0.1, -0.05) is 6.07 Å². The first-order valence-corrected chi connectivity index (χ1v) is 4.43. The molecule has 3 amide bonds. The maximum Gasteiger partial charge on any atom is 0.322 e. The quantitative estimate of drug-likeness (QED) is 0.545. The molecule has 6 nitrogen and oxygen atoms in total. The molecule has 0 bridgehead atoms. The topological polar surface area (TPSA) is 97.1 Å². The molecular weight excluding hydrogens is 196 g/mol. The van der Waals surface area contributed by atoms with Crippen molar-refractivity contribution in [2.45, 2.75) is 5.54 Å². The standard InChI is InChI=1S/C9H10N4O2/c10-5-9(6-2-1-3-11-4-6)7(14)12-8(15)13-9/h1-4H,5,10H2,(H2,12,13,14,15)/t9-/m0/s1. The maximum atomic E-state index is 11.6. The van der Waals surface area contributed by atoms with E-state index in [1.165, 1.54) is 6.20 Å². The highest BCUT2D eigenvalue weighted by Crippen LogP contribution is 2.22. The van der Waals surface area contributed by atoms with Crippen LogP contribution < -0.4 is 16.4 Å². The van der Waals surface area contributed by atoms with Gasteiger partial charge in [0.15, 0.2) is 5.54 Å². The third kappa shape index (κ3) is 1.35. The van der Waals surface area contributed by atoms with Gasteiger partial charge in [0.2, 0.25) is 0 Å². The van der Waals surface area contributed by atoms with Crippen LogP contribution >= 0.6 is 0 Å². The van der Waals surface area contributed by atoms with E-state index in [1.54, 1.807) is 18.3 Å². The highest BCUT2D eigenvalue weighted by molar-refractivity contribution is 6.07. The fourth-order valence-corrected chi connectivity index (χ4v) is 1.57. The van der Waals surface area contributed by atoms with Crippen LogP contribution in [0.4, 0.5) is 4.79 Å². The Bertz CT molecular complexity index is 406. The summed E-state index contributed by atoms with van der Waals surface area (Å²) in [4.78, 5) is 26.6. The van der Waals surface area contributed by atoms with E-state index in [0.29, 0.717) is 5.56 Å². The molecular formula is C9H10N4O2. The molecule has 6 heteroatoms. The second-order valence-corrected chi connectivity index (χ2v) is 3.26. The average molecular weight is 206 g/mol. The number of carbonyl (C=O) groups is 2. The lowest BCUT2D eigenvalue weighted by molar-refractivity contribution is -0.123. The number of nitrogens with two attached hydrogens (primary N) is 1. The molecule has 0 unspecified atom stereocenters. The summed E-state index contributed by atoms with van der Waals surface area (Å²) < 4.78 is 0. The summed E-state index contributed by atoms with van der Waals surface area (Å²) in [5, 5.41) is 4.68. The Kier molecular flexibility index (Phi) is 2.12. The molecule has 2 rings (SSSR count). The predicted molar refractivity (Wildman–Crippen MR) is 51.6 cm³/mol. The molecule has 78 valence electrons. The fraction of sp³-hybridized carbons (Fsp3) is 0.222. The van der Waals surface area contributed by atoms with Gasteiger partial charge in [-0.2, -0.15) is 0 Å². The summed E-state index contributed by atoms with van der Waals surface area (Å²) in [5.41, 5.74) is 4.95. The van der Waals surface area contributed by atoms with E-state index < -0.39 is 17.5 Å². The van der Waals surface area contributed by atoms with Crippen LogP contribution in [0.1, 0.15) is 5.56 Å². The lowest BCUT2D eigenvalue weighted by Crippen LogP contribution is -2.49. The Hall–Kier alpha value is -1.95. The Labute approximate surface area is 85.9 Å². The summed E-state index contributed by atoms with van der Waals surface area (Å²) in [6, 6.07) is 2.85. The second-order valence-electron chi connectivity index (χ2n) is 3.26. The molecule has 1 aromatic heterocycles. The summed E-state index contributed by atoms with van der Waals surface area (Å²) in [6.07, 6.45) is 3.10. The van der Waals surface area contributed by atoms with Crippen molar-refractivity contribution in [2.24, 2.45) is 5.73 Å². The molecule has 15 heavy (non-hydrogen) atoms. The van der Waals surface area contributed by atoms with Crippen molar-refractivity contribution < 1.29 is 9.59 Å². The van der Waals surface area contributed by atoms with Gasteiger partial charge in [-0.05, 0) is 6.07 Å². The van der Waals surface area contributed by atoms with Crippen LogP contribution in [0.25, 0.3) is 0 Å². The van der Waals surface area contributed by atoms with Crippen LogP contribution in [-0.2, 0) is 10.3 Å². The number of amides is 3. The van der Waals surface area contributed by atoms with Crippen molar-refractivity contribution in [1.82, 2.24) is 15.6 Å². The van der Waals surface area contributed by atoms with Gasteiger partial charge in [-0.3, -0.25) is 15.1 Å². The van der Waals surface area contributed by atoms with Crippen molar-refractivity contribution in [2.75, 3.05) is 6.54 Å². The van der Waals surface area contributed by atoms with Crippen LogP contribution in [0.3, 0.4) is 0 Å². The Morgan fingerprint density at radius 3 is 2.73 bits per heavy atom. The van der Waals surface area contributed by atoms with E-state index in [4.69, 9.17) is 5.73 Å². The van der Waals surface area contributed by atoms with Crippen LogP contribution in [0.5, 0.6) is 0 Å². The number of nitrogens with one attached hydrogen (secondary N) is 2. The monoisotopic (exact) mass is 206 g/mol. The van der Waals surface area contributed by atoms with Crippen molar-refractivity contribution in [1.29, 1.82) is 0 Å². The second kappa shape index (κ2) is 3.32. The first kappa shape index (κ1) is 9.60. The van der Waals surface area contributed by atoms with E-state index in [9.17, 15) is 9.59 Å². The third-order valence-corrected chi connectivity index (χ3v) is 2.40.